The summed E-state index contributed by atoms with van der Waals surface area (Å²) in [5, 5.41) is 10.0. The summed E-state index contributed by atoms with van der Waals surface area (Å²) in [5.41, 5.74) is 0.298. The number of fused-ring (bicyclic) bond motifs is 1. The van der Waals surface area contributed by atoms with Gasteiger partial charge in [-0.3, -0.25) is 9.47 Å². The topological polar surface area (TPSA) is 66.0 Å². The van der Waals surface area contributed by atoms with Gasteiger partial charge in [-0.25, -0.2) is 9.89 Å². The molecule has 0 bridgehead atoms. The van der Waals surface area contributed by atoms with Crippen LogP contribution in [0.1, 0.15) is 19.2 Å². The fourth-order valence-electron chi connectivity index (χ4n) is 2.90. The Balaban J connectivity index is 0.00000120. The Morgan fingerprint density at radius 2 is 2.28 bits per heavy atom. The lowest BCUT2D eigenvalue weighted by atomic mass is 9.89. The minimum atomic E-state index is -0.0756. The lowest BCUT2D eigenvalue weighted by Crippen LogP contribution is -2.43. The molecule has 0 spiro atoms. The number of hydrogen-bond acceptors (Lipinski definition) is 4. The first-order valence-electron chi connectivity index (χ1n) is 6.23. The maximum atomic E-state index is 11.4. The van der Waals surface area contributed by atoms with E-state index in [0.717, 1.165) is 45.1 Å². The van der Waals surface area contributed by atoms with Crippen LogP contribution in [0.4, 0.5) is 0 Å². The van der Waals surface area contributed by atoms with Gasteiger partial charge in [-0.05, 0) is 18.4 Å². The van der Waals surface area contributed by atoms with E-state index in [1.165, 1.54) is 6.42 Å². The maximum absolute atomic E-state index is 11.4. The van der Waals surface area contributed by atoms with Gasteiger partial charge in [-0.1, -0.05) is 6.92 Å². The number of halogens is 1. The predicted molar refractivity (Wildman–Crippen MR) is 71.0 cm³/mol. The summed E-state index contributed by atoms with van der Waals surface area (Å²) in [6, 6.07) is 0. The molecule has 3 rings (SSSR count). The zero-order valence-electron chi connectivity index (χ0n) is 10.6. The molecule has 0 amide bonds. The zero-order chi connectivity index (χ0) is 11.9. The van der Waals surface area contributed by atoms with Crippen molar-refractivity contribution in [1.29, 1.82) is 0 Å². The van der Waals surface area contributed by atoms with Crippen LogP contribution in [-0.2, 0) is 13.1 Å². The van der Waals surface area contributed by atoms with Crippen LogP contribution in [0.3, 0.4) is 0 Å². The van der Waals surface area contributed by atoms with E-state index in [1.54, 1.807) is 4.57 Å². The monoisotopic (exact) mass is 273 g/mol. The summed E-state index contributed by atoms with van der Waals surface area (Å²) in [6.45, 7) is 8.12. The first kappa shape index (κ1) is 13.6. The fraction of sp³-hybridized carbons (Fsp3) is 0.818. The molecule has 0 saturated carbocycles. The average molecular weight is 274 g/mol. The van der Waals surface area contributed by atoms with E-state index in [0.29, 0.717) is 5.41 Å². The zero-order valence-corrected chi connectivity index (χ0v) is 11.4. The van der Waals surface area contributed by atoms with Crippen molar-refractivity contribution in [2.45, 2.75) is 26.4 Å². The minimum absolute atomic E-state index is 0. The molecular formula is C11H20ClN5O. The summed E-state index contributed by atoms with van der Waals surface area (Å²) in [5.74, 6) is 0.871. The predicted octanol–water partition coefficient (Wildman–Crippen LogP) is -0.192. The number of nitrogens with one attached hydrogen (secondary N) is 2. The molecule has 2 N–H and O–H groups in total. The number of rotatable bonds is 2. The van der Waals surface area contributed by atoms with E-state index < -0.39 is 0 Å². The Kier molecular flexibility index (Phi) is 3.79. The Morgan fingerprint density at radius 1 is 1.44 bits per heavy atom. The first-order valence-corrected chi connectivity index (χ1v) is 6.23. The van der Waals surface area contributed by atoms with Crippen LogP contribution in [0, 0.1) is 5.41 Å². The summed E-state index contributed by atoms with van der Waals surface area (Å²) in [7, 11) is 0. The van der Waals surface area contributed by atoms with E-state index in [1.807, 2.05) is 0 Å². The number of hydrogen-bond donors (Lipinski definition) is 2. The summed E-state index contributed by atoms with van der Waals surface area (Å²) in [6.07, 6.45) is 1.23. The molecule has 6 nitrogen and oxygen atoms in total. The summed E-state index contributed by atoms with van der Waals surface area (Å²) < 4.78 is 1.74. The van der Waals surface area contributed by atoms with Gasteiger partial charge in [0.05, 0.1) is 6.54 Å². The molecule has 1 unspecified atom stereocenters. The van der Waals surface area contributed by atoms with Gasteiger partial charge in [0.2, 0.25) is 0 Å². The Hall–Kier alpha value is -0.850. The molecule has 0 aliphatic carbocycles. The normalized spacial score (nSPS) is 27.8. The van der Waals surface area contributed by atoms with Gasteiger partial charge >= 0.3 is 5.69 Å². The lowest BCUT2D eigenvalue weighted by Gasteiger charge is -2.33. The van der Waals surface area contributed by atoms with Gasteiger partial charge in [-0.2, -0.15) is 5.10 Å². The molecule has 0 aromatic carbocycles. The van der Waals surface area contributed by atoms with Crippen LogP contribution in [0.15, 0.2) is 4.79 Å². The SMILES string of the molecule is CC1(CN2CCn3c(n[nH]c3=O)C2)CCNC1.Cl. The Labute approximate surface area is 112 Å². The highest BCUT2D eigenvalue weighted by Crippen LogP contribution is 2.26. The van der Waals surface area contributed by atoms with Gasteiger partial charge in [0.15, 0.2) is 0 Å². The summed E-state index contributed by atoms with van der Waals surface area (Å²) >= 11 is 0. The van der Waals surface area contributed by atoms with Crippen LogP contribution >= 0.6 is 12.4 Å². The van der Waals surface area contributed by atoms with Crippen LogP contribution < -0.4 is 11.0 Å². The highest BCUT2D eigenvalue weighted by Gasteiger charge is 2.32. The molecule has 0 radical (unpaired) electrons. The molecule has 1 aromatic rings. The number of aromatic amines is 1. The van der Waals surface area contributed by atoms with Crippen molar-refractivity contribution in [2.24, 2.45) is 5.41 Å². The molecule has 1 atom stereocenters. The Bertz CT molecular complexity index is 462. The van der Waals surface area contributed by atoms with Crippen molar-refractivity contribution < 1.29 is 0 Å². The van der Waals surface area contributed by atoms with Crippen LogP contribution in [0.5, 0.6) is 0 Å². The van der Waals surface area contributed by atoms with Crippen molar-refractivity contribution in [1.82, 2.24) is 25.0 Å². The maximum Gasteiger partial charge on any atom is 0.343 e. The molecule has 2 aliphatic rings. The first-order chi connectivity index (χ1) is 8.16. The summed E-state index contributed by atoms with van der Waals surface area (Å²) in [4.78, 5) is 13.8. The average Bonchev–Trinajstić information content (AvgIpc) is 2.87. The van der Waals surface area contributed by atoms with E-state index in [9.17, 15) is 4.79 Å². The molecule has 3 heterocycles. The molecular weight excluding hydrogens is 254 g/mol. The van der Waals surface area contributed by atoms with Gasteiger partial charge < -0.3 is 5.32 Å². The van der Waals surface area contributed by atoms with Crippen LogP contribution in [0.25, 0.3) is 0 Å². The number of aromatic nitrogens is 3. The van der Waals surface area contributed by atoms with Crippen molar-refractivity contribution in [3.05, 3.63) is 16.3 Å². The second kappa shape index (κ2) is 5.03. The molecule has 2 aliphatic heterocycles. The minimum Gasteiger partial charge on any atom is -0.316 e. The van der Waals surface area contributed by atoms with Gasteiger partial charge in [0.25, 0.3) is 0 Å². The highest BCUT2D eigenvalue weighted by atomic mass is 35.5. The quantitative estimate of drug-likeness (QED) is 0.784. The van der Waals surface area contributed by atoms with Crippen molar-refractivity contribution in [3.8, 4) is 0 Å². The van der Waals surface area contributed by atoms with E-state index in [2.05, 4.69) is 27.3 Å². The second-order valence-corrected chi connectivity index (χ2v) is 5.54. The van der Waals surface area contributed by atoms with Gasteiger partial charge in [-0.15, -0.1) is 12.4 Å². The smallest absolute Gasteiger partial charge is 0.316 e. The molecule has 18 heavy (non-hydrogen) atoms. The van der Waals surface area contributed by atoms with Crippen molar-refractivity contribution in [2.75, 3.05) is 26.2 Å². The number of nitrogens with zero attached hydrogens (tertiary/aromatic N) is 3. The third kappa shape index (κ3) is 2.46. The standard InChI is InChI=1S/C11H19N5O.ClH/c1-11(2-3-12-7-11)8-15-4-5-16-9(6-15)13-14-10(16)17;/h12H,2-8H2,1H3,(H,14,17);1H. The molecule has 102 valence electrons. The third-order valence-corrected chi connectivity index (χ3v) is 3.90. The second-order valence-electron chi connectivity index (χ2n) is 5.54. The van der Waals surface area contributed by atoms with Crippen molar-refractivity contribution in [3.63, 3.8) is 0 Å². The van der Waals surface area contributed by atoms with E-state index in [-0.39, 0.29) is 18.1 Å². The Morgan fingerprint density at radius 3 is 3.00 bits per heavy atom. The number of H-pyrrole nitrogens is 1. The fourth-order valence-corrected chi connectivity index (χ4v) is 2.90. The van der Waals surface area contributed by atoms with E-state index in [4.69, 9.17) is 0 Å². The molecule has 7 heteroatoms. The van der Waals surface area contributed by atoms with Gasteiger partial charge in [0.1, 0.15) is 5.82 Å². The van der Waals surface area contributed by atoms with Crippen LogP contribution in [0.2, 0.25) is 0 Å². The largest absolute Gasteiger partial charge is 0.343 e. The third-order valence-electron chi connectivity index (χ3n) is 3.90. The molecule has 1 saturated heterocycles. The van der Waals surface area contributed by atoms with Gasteiger partial charge in [0, 0.05) is 26.2 Å². The van der Waals surface area contributed by atoms with Crippen molar-refractivity contribution >= 4 is 12.4 Å². The highest BCUT2D eigenvalue weighted by molar-refractivity contribution is 5.85. The lowest BCUT2D eigenvalue weighted by molar-refractivity contribution is 0.143. The molecule has 1 aromatic heterocycles. The molecule has 1 fully saturated rings. The van der Waals surface area contributed by atoms with E-state index >= 15 is 0 Å². The van der Waals surface area contributed by atoms with Crippen LogP contribution in [-0.4, -0.2) is 45.8 Å².